The molecule has 1 aliphatic rings. The molecule has 0 aliphatic carbocycles. The Hall–Kier alpha value is -1.07. The number of hydrogen-bond acceptors (Lipinski definition) is 4. The van der Waals surface area contributed by atoms with Crippen molar-refractivity contribution in [3.05, 3.63) is 22.4 Å². The lowest BCUT2D eigenvalue weighted by molar-refractivity contribution is 0.000669. The molecule has 0 spiro atoms. The van der Waals surface area contributed by atoms with Crippen LogP contribution in [0.3, 0.4) is 0 Å². The van der Waals surface area contributed by atoms with E-state index in [2.05, 4.69) is 29.3 Å². The summed E-state index contributed by atoms with van der Waals surface area (Å²) in [5.74, 6) is 0. The molecule has 1 aliphatic heterocycles. The Kier molecular flexibility index (Phi) is 4.70. The molecule has 0 N–H and O–H groups in total. The zero-order chi connectivity index (χ0) is 14.8. The van der Waals surface area contributed by atoms with Crippen molar-refractivity contribution in [2.45, 2.75) is 45.9 Å². The smallest absolute Gasteiger partial charge is 0.410 e. The van der Waals surface area contributed by atoms with Gasteiger partial charge in [-0.15, -0.1) is 11.3 Å². The maximum atomic E-state index is 12.1. The van der Waals surface area contributed by atoms with Gasteiger partial charge in [0.2, 0.25) is 0 Å². The highest BCUT2D eigenvalue weighted by atomic mass is 32.1. The van der Waals surface area contributed by atoms with Crippen molar-refractivity contribution in [2.75, 3.05) is 19.6 Å². The lowest BCUT2D eigenvalue weighted by Crippen LogP contribution is -2.54. The largest absolute Gasteiger partial charge is 0.444 e. The van der Waals surface area contributed by atoms with E-state index in [9.17, 15) is 4.79 Å². The monoisotopic (exact) mass is 296 g/mol. The van der Waals surface area contributed by atoms with E-state index < -0.39 is 5.60 Å². The van der Waals surface area contributed by atoms with Crippen LogP contribution >= 0.6 is 11.3 Å². The summed E-state index contributed by atoms with van der Waals surface area (Å²) in [6.07, 6.45) is -0.194. The Morgan fingerprint density at radius 3 is 2.75 bits per heavy atom. The van der Waals surface area contributed by atoms with Gasteiger partial charge in [0, 0.05) is 37.1 Å². The van der Waals surface area contributed by atoms with Crippen LogP contribution in [-0.2, 0) is 11.3 Å². The van der Waals surface area contributed by atoms with Crippen LogP contribution in [0.15, 0.2) is 17.5 Å². The second-order valence-corrected chi connectivity index (χ2v) is 7.37. The first kappa shape index (κ1) is 15.3. The molecule has 0 radical (unpaired) electrons. The highest BCUT2D eigenvalue weighted by molar-refractivity contribution is 7.09. The van der Waals surface area contributed by atoms with Gasteiger partial charge in [0.1, 0.15) is 5.60 Å². The maximum absolute atomic E-state index is 12.1. The minimum Gasteiger partial charge on any atom is -0.444 e. The summed E-state index contributed by atoms with van der Waals surface area (Å²) in [5.41, 5.74) is -0.426. The Labute approximate surface area is 125 Å². The van der Waals surface area contributed by atoms with E-state index >= 15 is 0 Å². The molecule has 5 heteroatoms. The highest BCUT2D eigenvalue weighted by Gasteiger charge is 2.30. The first-order valence-electron chi connectivity index (χ1n) is 7.09. The first-order chi connectivity index (χ1) is 9.35. The number of hydrogen-bond donors (Lipinski definition) is 0. The van der Waals surface area contributed by atoms with Gasteiger partial charge in [-0.25, -0.2) is 4.79 Å². The fourth-order valence-corrected chi connectivity index (χ4v) is 3.14. The van der Waals surface area contributed by atoms with Gasteiger partial charge in [0.15, 0.2) is 0 Å². The summed E-state index contributed by atoms with van der Waals surface area (Å²) < 4.78 is 5.46. The van der Waals surface area contributed by atoms with Gasteiger partial charge in [-0.3, -0.25) is 4.90 Å². The quantitative estimate of drug-likeness (QED) is 0.840. The van der Waals surface area contributed by atoms with Crippen molar-refractivity contribution in [1.29, 1.82) is 0 Å². The zero-order valence-electron chi connectivity index (χ0n) is 12.8. The summed E-state index contributed by atoms with van der Waals surface area (Å²) in [6, 6.07) is 4.44. The molecule has 0 aromatic carbocycles. The lowest BCUT2D eigenvalue weighted by Gasteiger charge is -2.40. The summed E-state index contributed by atoms with van der Waals surface area (Å²) in [4.78, 5) is 17.8. The number of carbonyl (C=O) groups is 1. The number of thiophene rings is 1. The molecule has 112 valence electrons. The summed E-state index contributed by atoms with van der Waals surface area (Å²) >= 11 is 1.79. The minimum absolute atomic E-state index is 0.193. The Morgan fingerprint density at radius 2 is 2.20 bits per heavy atom. The van der Waals surface area contributed by atoms with E-state index in [4.69, 9.17) is 4.74 Å². The van der Waals surface area contributed by atoms with Gasteiger partial charge in [-0.05, 0) is 39.1 Å². The van der Waals surface area contributed by atoms with Crippen LogP contribution in [0.25, 0.3) is 0 Å². The summed E-state index contributed by atoms with van der Waals surface area (Å²) in [7, 11) is 0. The Morgan fingerprint density at radius 1 is 1.45 bits per heavy atom. The Bertz CT molecular complexity index is 439. The first-order valence-corrected chi connectivity index (χ1v) is 7.97. The Balaban J connectivity index is 1.87. The molecule has 1 aromatic rings. The number of carbonyl (C=O) groups excluding carboxylic acids is 1. The lowest BCUT2D eigenvalue weighted by atomic mass is 10.2. The van der Waals surface area contributed by atoms with E-state index in [1.807, 2.05) is 25.7 Å². The topological polar surface area (TPSA) is 32.8 Å². The van der Waals surface area contributed by atoms with E-state index in [1.54, 1.807) is 11.3 Å². The van der Waals surface area contributed by atoms with Gasteiger partial charge in [0.25, 0.3) is 0 Å². The molecular weight excluding hydrogens is 272 g/mol. The van der Waals surface area contributed by atoms with Gasteiger partial charge < -0.3 is 9.64 Å². The molecule has 1 saturated heterocycles. The standard InChI is InChI=1S/C15H24N2O2S/c1-12-10-16(11-13-6-5-9-20-13)7-8-17(12)14(18)19-15(2,3)4/h5-6,9,12H,7-8,10-11H2,1-4H3. The van der Waals surface area contributed by atoms with Crippen LogP contribution in [0.1, 0.15) is 32.6 Å². The average Bonchev–Trinajstić information content (AvgIpc) is 2.79. The molecule has 0 saturated carbocycles. The fourth-order valence-electron chi connectivity index (χ4n) is 2.39. The number of piperazine rings is 1. The number of nitrogens with zero attached hydrogens (tertiary/aromatic N) is 2. The molecule has 0 bridgehead atoms. The average molecular weight is 296 g/mol. The van der Waals surface area contributed by atoms with Crippen molar-refractivity contribution in [1.82, 2.24) is 9.80 Å². The minimum atomic E-state index is -0.426. The second kappa shape index (κ2) is 6.14. The predicted octanol–water partition coefficient (Wildman–Crippen LogP) is 3.19. The predicted molar refractivity (Wildman–Crippen MR) is 82.0 cm³/mol. The van der Waals surface area contributed by atoms with Crippen LogP contribution in [0.4, 0.5) is 4.79 Å². The van der Waals surface area contributed by atoms with E-state index in [0.717, 1.165) is 26.2 Å². The van der Waals surface area contributed by atoms with Crippen molar-refractivity contribution in [2.24, 2.45) is 0 Å². The molecule has 1 unspecified atom stereocenters. The van der Waals surface area contributed by atoms with Crippen molar-refractivity contribution < 1.29 is 9.53 Å². The summed E-state index contributed by atoms with van der Waals surface area (Å²) in [5, 5.41) is 2.11. The highest BCUT2D eigenvalue weighted by Crippen LogP contribution is 2.18. The third-order valence-electron chi connectivity index (χ3n) is 3.30. The van der Waals surface area contributed by atoms with Crippen molar-refractivity contribution in [3.8, 4) is 0 Å². The number of ether oxygens (including phenoxy) is 1. The molecule has 1 fully saturated rings. The molecule has 20 heavy (non-hydrogen) atoms. The molecule has 1 aromatic heterocycles. The molecule has 1 amide bonds. The van der Waals surface area contributed by atoms with Gasteiger partial charge in [-0.2, -0.15) is 0 Å². The van der Waals surface area contributed by atoms with Crippen LogP contribution < -0.4 is 0 Å². The van der Waals surface area contributed by atoms with Crippen LogP contribution in [0, 0.1) is 0 Å². The van der Waals surface area contributed by atoms with E-state index in [0.29, 0.717) is 0 Å². The van der Waals surface area contributed by atoms with Gasteiger partial charge in [-0.1, -0.05) is 6.07 Å². The van der Waals surface area contributed by atoms with Crippen LogP contribution in [0.5, 0.6) is 0 Å². The normalized spacial score (nSPS) is 21.0. The second-order valence-electron chi connectivity index (χ2n) is 6.34. The van der Waals surface area contributed by atoms with Gasteiger partial charge in [0.05, 0.1) is 0 Å². The molecule has 4 nitrogen and oxygen atoms in total. The summed E-state index contributed by atoms with van der Waals surface area (Å²) in [6.45, 7) is 11.3. The van der Waals surface area contributed by atoms with Crippen molar-refractivity contribution >= 4 is 17.4 Å². The third-order valence-corrected chi connectivity index (χ3v) is 4.16. The molecule has 2 heterocycles. The number of amides is 1. The number of rotatable bonds is 2. The van der Waals surface area contributed by atoms with E-state index in [1.165, 1.54) is 4.88 Å². The fraction of sp³-hybridized carbons (Fsp3) is 0.667. The van der Waals surface area contributed by atoms with Crippen LogP contribution in [0.2, 0.25) is 0 Å². The van der Waals surface area contributed by atoms with Crippen LogP contribution in [-0.4, -0.2) is 47.2 Å². The maximum Gasteiger partial charge on any atom is 0.410 e. The third kappa shape index (κ3) is 4.21. The van der Waals surface area contributed by atoms with E-state index in [-0.39, 0.29) is 12.1 Å². The zero-order valence-corrected chi connectivity index (χ0v) is 13.6. The molecule has 1 atom stereocenters. The molecule has 2 rings (SSSR count). The SMILES string of the molecule is CC1CN(Cc2cccs2)CCN1C(=O)OC(C)(C)C. The van der Waals surface area contributed by atoms with Gasteiger partial charge >= 0.3 is 6.09 Å². The molecular formula is C15H24N2O2S. The van der Waals surface area contributed by atoms with Crippen molar-refractivity contribution in [3.63, 3.8) is 0 Å².